The van der Waals surface area contributed by atoms with Crippen LogP contribution in [-0.2, 0) is 6.54 Å². The van der Waals surface area contributed by atoms with Crippen molar-refractivity contribution in [2.45, 2.75) is 44.7 Å². The predicted molar refractivity (Wildman–Crippen MR) is 78.4 cm³/mol. The number of halogens is 2. The molecule has 0 aromatic heterocycles. The standard InChI is InChI=1S/C15H21BrFNO/c1-11-3-2-4-15(8-11,10-19)18-9-12-5-13(16)7-14(17)6-12/h5-7,11,18-19H,2-4,8-10H2,1H3. The largest absolute Gasteiger partial charge is 0.394 e. The molecule has 19 heavy (non-hydrogen) atoms. The van der Waals surface area contributed by atoms with E-state index < -0.39 is 0 Å². The average Bonchev–Trinajstić information content (AvgIpc) is 2.35. The molecule has 0 bridgehead atoms. The molecule has 2 unspecified atom stereocenters. The van der Waals surface area contributed by atoms with Crippen molar-refractivity contribution in [2.24, 2.45) is 5.92 Å². The summed E-state index contributed by atoms with van der Waals surface area (Å²) in [6.07, 6.45) is 4.35. The summed E-state index contributed by atoms with van der Waals surface area (Å²) in [6.45, 7) is 2.96. The Morgan fingerprint density at radius 3 is 2.89 bits per heavy atom. The molecule has 0 saturated heterocycles. The van der Waals surface area contributed by atoms with E-state index in [1.165, 1.54) is 18.6 Å². The van der Waals surface area contributed by atoms with Crippen LogP contribution in [0.3, 0.4) is 0 Å². The van der Waals surface area contributed by atoms with Crippen LogP contribution in [0.2, 0.25) is 0 Å². The highest BCUT2D eigenvalue weighted by Gasteiger charge is 2.33. The molecule has 0 spiro atoms. The van der Waals surface area contributed by atoms with Crippen LogP contribution < -0.4 is 5.32 Å². The lowest BCUT2D eigenvalue weighted by molar-refractivity contribution is 0.0982. The summed E-state index contributed by atoms with van der Waals surface area (Å²) in [4.78, 5) is 0. The molecule has 0 aliphatic heterocycles. The minimum absolute atomic E-state index is 0.147. The first-order chi connectivity index (χ1) is 9.03. The normalized spacial score (nSPS) is 27.5. The molecule has 1 aliphatic carbocycles. The SMILES string of the molecule is CC1CCCC(CO)(NCc2cc(F)cc(Br)c2)C1. The smallest absolute Gasteiger partial charge is 0.124 e. The second-order valence-electron chi connectivity index (χ2n) is 5.77. The van der Waals surface area contributed by atoms with Gasteiger partial charge < -0.3 is 10.4 Å². The molecule has 0 amide bonds. The van der Waals surface area contributed by atoms with Gasteiger partial charge in [-0.2, -0.15) is 0 Å². The molecule has 4 heteroatoms. The van der Waals surface area contributed by atoms with Crippen molar-refractivity contribution >= 4 is 15.9 Å². The molecule has 1 saturated carbocycles. The van der Waals surface area contributed by atoms with Crippen LogP contribution in [0.25, 0.3) is 0 Å². The monoisotopic (exact) mass is 329 g/mol. The van der Waals surface area contributed by atoms with E-state index >= 15 is 0 Å². The van der Waals surface area contributed by atoms with Crippen molar-refractivity contribution in [1.82, 2.24) is 5.32 Å². The zero-order chi connectivity index (χ0) is 13.9. The van der Waals surface area contributed by atoms with E-state index in [0.717, 1.165) is 29.3 Å². The lowest BCUT2D eigenvalue weighted by Crippen LogP contribution is -2.51. The molecule has 0 radical (unpaired) electrons. The van der Waals surface area contributed by atoms with E-state index in [1.54, 1.807) is 0 Å². The van der Waals surface area contributed by atoms with Crippen molar-refractivity contribution in [3.63, 3.8) is 0 Å². The van der Waals surface area contributed by atoms with Crippen molar-refractivity contribution < 1.29 is 9.50 Å². The van der Waals surface area contributed by atoms with E-state index in [1.807, 2.05) is 6.07 Å². The maximum Gasteiger partial charge on any atom is 0.124 e. The molecule has 2 atom stereocenters. The van der Waals surface area contributed by atoms with Gasteiger partial charge in [0, 0.05) is 16.6 Å². The maximum atomic E-state index is 13.3. The average molecular weight is 330 g/mol. The van der Waals surface area contributed by atoms with Crippen LogP contribution in [0.1, 0.15) is 38.2 Å². The summed E-state index contributed by atoms with van der Waals surface area (Å²) in [5, 5.41) is 13.1. The van der Waals surface area contributed by atoms with Crippen LogP contribution in [0.15, 0.2) is 22.7 Å². The Morgan fingerprint density at radius 2 is 2.26 bits per heavy atom. The van der Waals surface area contributed by atoms with E-state index in [-0.39, 0.29) is 18.0 Å². The number of aliphatic hydroxyl groups is 1. The number of hydrogen-bond acceptors (Lipinski definition) is 2. The Kier molecular flexibility index (Phi) is 4.98. The molecule has 1 aliphatic rings. The second kappa shape index (κ2) is 6.33. The molecule has 2 N–H and O–H groups in total. The van der Waals surface area contributed by atoms with Crippen LogP contribution in [0.4, 0.5) is 4.39 Å². The molecule has 1 aromatic carbocycles. The van der Waals surface area contributed by atoms with Gasteiger partial charge in [-0.05, 0) is 42.5 Å². The van der Waals surface area contributed by atoms with E-state index in [9.17, 15) is 9.50 Å². The fourth-order valence-electron chi connectivity index (χ4n) is 3.02. The van der Waals surface area contributed by atoms with Gasteiger partial charge in [0.2, 0.25) is 0 Å². The van der Waals surface area contributed by atoms with Crippen LogP contribution >= 0.6 is 15.9 Å². The topological polar surface area (TPSA) is 32.3 Å². The lowest BCUT2D eigenvalue weighted by Gasteiger charge is -2.39. The summed E-state index contributed by atoms with van der Waals surface area (Å²) in [6, 6.07) is 4.90. The Labute approximate surface area is 122 Å². The Balaban J connectivity index is 2.03. The summed E-state index contributed by atoms with van der Waals surface area (Å²) >= 11 is 3.30. The maximum absolute atomic E-state index is 13.3. The lowest BCUT2D eigenvalue weighted by atomic mass is 9.77. The van der Waals surface area contributed by atoms with Crippen molar-refractivity contribution in [3.05, 3.63) is 34.1 Å². The number of hydrogen-bond donors (Lipinski definition) is 2. The van der Waals surface area contributed by atoms with Gasteiger partial charge in [0.1, 0.15) is 5.82 Å². The first-order valence-electron chi connectivity index (χ1n) is 6.84. The molecule has 106 valence electrons. The van der Waals surface area contributed by atoms with Crippen LogP contribution in [-0.4, -0.2) is 17.3 Å². The summed E-state index contributed by atoms with van der Waals surface area (Å²) in [7, 11) is 0. The summed E-state index contributed by atoms with van der Waals surface area (Å²) in [5.41, 5.74) is 0.703. The van der Waals surface area contributed by atoms with Crippen molar-refractivity contribution in [3.8, 4) is 0 Å². The Hall–Kier alpha value is -0.450. The van der Waals surface area contributed by atoms with Gasteiger partial charge in [0.15, 0.2) is 0 Å². The zero-order valence-corrected chi connectivity index (χ0v) is 12.8. The molecule has 1 aromatic rings. The summed E-state index contributed by atoms with van der Waals surface area (Å²) < 4.78 is 14.1. The van der Waals surface area contributed by atoms with Gasteiger partial charge in [-0.3, -0.25) is 0 Å². The van der Waals surface area contributed by atoms with Crippen molar-refractivity contribution in [2.75, 3.05) is 6.61 Å². The van der Waals surface area contributed by atoms with Crippen molar-refractivity contribution in [1.29, 1.82) is 0 Å². The highest BCUT2D eigenvalue weighted by molar-refractivity contribution is 9.10. The van der Waals surface area contributed by atoms with Crippen LogP contribution in [0, 0.1) is 11.7 Å². The third-order valence-electron chi connectivity index (χ3n) is 3.98. The highest BCUT2D eigenvalue weighted by Crippen LogP contribution is 2.32. The third kappa shape index (κ3) is 4.01. The Morgan fingerprint density at radius 1 is 1.47 bits per heavy atom. The first-order valence-corrected chi connectivity index (χ1v) is 7.63. The summed E-state index contributed by atoms with van der Waals surface area (Å²) in [5.74, 6) is 0.397. The van der Waals surface area contributed by atoms with E-state index in [0.29, 0.717) is 12.5 Å². The first kappa shape index (κ1) is 14.9. The minimum atomic E-state index is -0.235. The van der Waals surface area contributed by atoms with Gasteiger partial charge in [-0.25, -0.2) is 4.39 Å². The predicted octanol–water partition coefficient (Wildman–Crippen LogP) is 3.62. The number of nitrogens with one attached hydrogen (secondary N) is 1. The highest BCUT2D eigenvalue weighted by atomic mass is 79.9. The van der Waals surface area contributed by atoms with Crippen LogP contribution in [0.5, 0.6) is 0 Å². The fraction of sp³-hybridized carbons (Fsp3) is 0.600. The zero-order valence-electron chi connectivity index (χ0n) is 11.3. The molecular weight excluding hydrogens is 309 g/mol. The molecule has 2 rings (SSSR count). The third-order valence-corrected chi connectivity index (χ3v) is 4.44. The number of aliphatic hydroxyl groups excluding tert-OH is 1. The van der Waals surface area contributed by atoms with E-state index in [2.05, 4.69) is 28.2 Å². The number of rotatable bonds is 4. The van der Waals surface area contributed by atoms with Gasteiger partial charge in [0.05, 0.1) is 6.61 Å². The molecular formula is C15H21BrFNO. The van der Waals surface area contributed by atoms with Gasteiger partial charge >= 0.3 is 0 Å². The second-order valence-corrected chi connectivity index (χ2v) is 6.69. The van der Waals surface area contributed by atoms with Gasteiger partial charge in [-0.1, -0.05) is 35.7 Å². The number of benzene rings is 1. The molecule has 0 heterocycles. The molecule has 2 nitrogen and oxygen atoms in total. The Bertz CT molecular complexity index is 420. The fourth-order valence-corrected chi connectivity index (χ4v) is 3.54. The van der Waals surface area contributed by atoms with Gasteiger partial charge in [-0.15, -0.1) is 0 Å². The van der Waals surface area contributed by atoms with Gasteiger partial charge in [0.25, 0.3) is 0 Å². The van der Waals surface area contributed by atoms with E-state index in [4.69, 9.17) is 0 Å². The molecule has 1 fully saturated rings. The minimum Gasteiger partial charge on any atom is -0.394 e. The quantitative estimate of drug-likeness (QED) is 0.884.